The number of rotatable bonds is 2. The third-order valence-electron chi connectivity index (χ3n) is 2.83. The molecular weight excluding hydrogens is 242 g/mol. The van der Waals surface area contributed by atoms with Gasteiger partial charge >= 0.3 is 0 Å². The monoisotopic (exact) mass is 253 g/mol. The van der Waals surface area contributed by atoms with E-state index in [0.29, 0.717) is 5.82 Å². The Morgan fingerprint density at radius 2 is 1.89 bits per heavy atom. The highest BCUT2D eigenvalue weighted by atomic mass is 16.1. The molecule has 0 aliphatic rings. The van der Waals surface area contributed by atoms with Gasteiger partial charge in [-0.1, -0.05) is 0 Å². The van der Waals surface area contributed by atoms with Crippen LogP contribution >= 0.6 is 0 Å². The number of anilines is 1. The van der Waals surface area contributed by atoms with Crippen molar-refractivity contribution in [2.24, 2.45) is 0 Å². The topological polar surface area (TPSA) is 100 Å². The van der Waals surface area contributed by atoms with Crippen molar-refractivity contribution >= 4 is 5.82 Å². The molecule has 6 heteroatoms. The van der Waals surface area contributed by atoms with Crippen molar-refractivity contribution in [2.75, 3.05) is 5.73 Å². The lowest BCUT2D eigenvalue weighted by Crippen LogP contribution is -2.02. The third kappa shape index (κ3) is 1.99. The lowest BCUT2D eigenvalue weighted by molar-refractivity contribution is 1.10. The van der Waals surface area contributed by atoms with Crippen molar-refractivity contribution < 1.29 is 0 Å². The van der Waals surface area contributed by atoms with Crippen LogP contribution in [0.15, 0.2) is 47.7 Å². The second-order valence-corrected chi connectivity index (χ2v) is 4.04. The average Bonchev–Trinajstić information content (AvgIpc) is 2.82. The molecule has 4 N–H and O–H groups in total. The summed E-state index contributed by atoms with van der Waals surface area (Å²) in [5, 5.41) is 6.89. The fraction of sp³-hybridized carbons (Fsp3) is 0. The van der Waals surface area contributed by atoms with Gasteiger partial charge in [-0.2, -0.15) is 5.10 Å². The molecule has 0 aromatic carbocycles. The Hall–Kier alpha value is -2.89. The smallest absolute Gasteiger partial charge is 0.248 e. The normalized spacial score (nSPS) is 10.5. The van der Waals surface area contributed by atoms with Crippen LogP contribution in [0.5, 0.6) is 0 Å². The van der Waals surface area contributed by atoms with Crippen LogP contribution in [0.25, 0.3) is 22.4 Å². The minimum atomic E-state index is -0.175. The maximum Gasteiger partial charge on any atom is 0.248 e. The molecule has 0 bridgehead atoms. The molecule has 0 saturated heterocycles. The first-order valence-electron chi connectivity index (χ1n) is 5.69. The van der Waals surface area contributed by atoms with Crippen LogP contribution in [0.2, 0.25) is 0 Å². The minimum absolute atomic E-state index is 0.175. The highest BCUT2D eigenvalue weighted by Crippen LogP contribution is 2.33. The quantitative estimate of drug-likeness (QED) is 0.642. The van der Waals surface area contributed by atoms with Gasteiger partial charge in [0.2, 0.25) is 5.56 Å². The zero-order valence-corrected chi connectivity index (χ0v) is 9.92. The molecular formula is C13H11N5O. The van der Waals surface area contributed by atoms with Gasteiger partial charge in [0.1, 0.15) is 0 Å². The number of nitrogens with two attached hydrogens (primary N) is 1. The summed E-state index contributed by atoms with van der Waals surface area (Å²) < 4.78 is 0. The second-order valence-electron chi connectivity index (χ2n) is 4.04. The molecule has 0 aliphatic heterocycles. The first kappa shape index (κ1) is 11.2. The molecule has 0 atom stereocenters. The fourth-order valence-corrected chi connectivity index (χ4v) is 1.98. The van der Waals surface area contributed by atoms with Gasteiger partial charge in [0.05, 0.1) is 11.3 Å². The summed E-state index contributed by atoms with van der Waals surface area (Å²) in [5.74, 6) is 0.390. The largest absolute Gasteiger partial charge is 0.382 e. The van der Waals surface area contributed by atoms with E-state index in [-0.39, 0.29) is 5.56 Å². The van der Waals surface area contributed by atoms with E-state index in [4.69, 9.17) is 5.73 Å². The van der Waals surface area contributed by atoms with Crippen LogP contribution in [-0.4, -0.2) is 20.2 Å². The van der Waals surface area contributed by atoms with E-state index in [0.717, 1.165) is 22.4 Å². The Kier molecular flexibility index (Phi) is 2.60. The van der Waals surface area contributed by atoms with Crippen LogP contribution < -0.4 is 11.3 Å². The zero-order chi connectivity index (χ0) is 13.2. The molecule has 0 fully saturated rings. The number of nitrogens with zero attached hydrogens (tertiary/aromatic N) is 2. The molecule has 3 aromatic heterocycles. The molecule has 0 saturated carbocycles. The van der Waals surface area contributed by atoms with Crippen molar-refractivity contribution in [3.63, 3.8) is 0 Å². The molecule has 0 spiro atoms. The molecule has 0 unspecified atom stereocenters. The van der Waals surface area contributed by atoms with Gasteiger partial charge in [-0.05, 0) is 23.8 Å². The Morgan fingerprint density at radius 1 is 1.11 bits per heavy atom. The molecule has 0 amide bonds. The van der Waals surface area contributed by atoms with Gasteiger partial charge in [0.25, 0.3) is 0 Å². The van der Waals surface area contributed by atoms with Gasteiger partial charge in [0.15, 0.2) is 5.82 Å². The SMILES string of the molecule is Nc1n[nH]c(-c2cc[nH]c(=O)c2)c1-c1ccncc1. The number of pyridine rings is 2. The molecule has 3 rings (SSSR count). The van der Waals surface area contributed by atoms with Crippen LogP contribution in [0.4, 0.5) is 5.82 Å². The fourth-order valence-electron chi connectivity index (χ4n) is 1.98. The standard InChI is InChI=1S/C13H11N5O/c14-13-11(8-1-4-15-5-2-8)12(17-18-13)9-3-6-16-10(19)7-9/h1-7H,(H,16,19)(H3,14,17,18). The maximum absolute atomic E-state index is 11.4. The number of aromatic nitrogens is 4. The first-order valence-corrected chi connectivity index (χ1v) is 5.69. The van der Waals surface area contributed by atoms with Crippen molar-refractivity contribution in [1.29, 1.82) is 0 Å². The van der Waals surface area contributed by atoms with Gasteiger partial charge in [-0.25, -0.2) is 0 Å². The van der Waals surface area contributed by atoms with Crippen LogP contribution in [0, 0.1) is 0 Å². The molecule has 0 radical (unpaired) electrons. The first-order chi connectivity index (χ1) is 9.25. The van der Waals surface area contributed by atoms with Gasteiger partial charge < -0.3 is 10.7 Å². The summed E-state index contributed by atoms with van der Waals surface area (Å²) in [7, 11) is 0. The van der Waals surface area contributed by atoms with Crippen molar-refractivity contribution in [3.05, 3.63) is 53.2 Å². The predicted octanol–water partition coefficient (Wildman–Crippen LogP) is 1.41. The molecule has 6 nitrogen and oxygen atoms in total. The van der Waals surface area contributed by atoms with Crippen molar-refractivity contribution in [3.8, 4) is 22.4 Å². The van der Waals surface area contributed by atoms with E-state index in [2.05, 4.69) is 20.2 Å². The van der Waals surface area contributed by atoms with Crippen molar-refractivity contribution in [2.45, 2.75) is 0 Å². The van der Waals surface area contributed by atoms with E-state index < -0.39 is 0 Å². The predicted molar refractivity (Wildman–Crippen MR) is 72.3 cm³/mol. The van der Waals surface area contributed by atoms with Gasteiger partial charge in [-0.3, -0.25) is 14.9 Å². The number of H-pyrrole nitrogens is 2. The summed E-state index contributed by atoms with van der Waals surface area (Å²) in [6.07, 6.45) is 4.96. The lowest BCUT2D eigenvalue weighted by Gasteiger charge is -2.03. The van der Waals surface area contributed by atoms with Crippen molar-refractivity contribution in [1.82, 2.24) is 20.2 Å². The number of hydrogen-bond donors (Lipinski definition) is 3. The second kappa shape index (κ2) is 4.41. The Labute approximate surface area is 108 Å². The number of nitrogen functional groups attached to an aromatic ring is 1. The molecule has 19 heavy (non-hydrogen) atoms. The van der Waals surface area contributed by atoms with Crippen LogP contribution in [0.1, 0.15) is 0 Å². The van der Waals surface area contributed by atoms with Crippen LogP contribution in [0.3, 0.4) is 0 Å². The summed E-state index contributed by atoms with van der Waals surface area (Å²) >= 11 is 0. The van der Waals surface area contributed by atoms with E-state index in [1.165, 1.54) is 6.07 Å². The van der Waals surface area contributed by atoms with Gasteiger partial charge in [0, 0.05) is 30.2 Å². The lowest BCUT2D eigenvalue weighted by atomic mass is 10.0. The Balaban J connectivity index is 2.22. The molecule has 94 valence electrons. The van der Waals surface area contributed by atoms with Gasteiger partial charge in [-0.15, -0.1) is 0 Å². The van der Waals surface area contributed by atoms with E-state index >= 15 is 0 Å². The number of hydrogen-bond acceptors (Lipinski definition) is 4. The highest BCUT2D eigenvalue weighted by molar-refractivity contribution is 5.87. The number of nitrogens with one attached hydrogen (secondary N) is 2. The van der Waals surface area contributed by atoms with E-state index in [9.17, 15) is 4.79 Å². The zero-order valence-electron chi connectivity index (χ0n) is 9.92. The molecule has 3 aromatic rings. The summed E-state index contributed by atoms with van der Waals surface area (Å²) in [5.41, 5.74) is 8.85. The Morgan fingerprint density at radius 3 is 2.63 bits per heavy atom. The molecule has 0 aliphatic carbocycles. The third-order valence-corrected chi connectivity index (χ3v) is 2.83. The van der Waals surface area contributed by atoms with E-state index in [1.54, 1.807) is 24.7 Å². The Bertz CT molecular complexity index is 760. The maximum atomic E-state index is 11.4. The summed E-state index contributed by atoms with van der Waals surface area (Å²) in [6.45, 7) is 0. The average molecular weight is 253 g/mol. The van der Waals surface area contributed by atoms with E-state index in [1.807, 2.05) is 12.1 Å². The van der Waals surface area contributed by atoms with Crippen LogP contribution in [-0.2, 0) is 0 Å². The summed E-state index contributed by atoms with van der Waals surface area (Å²) in [4.78, 5) is 17.9. The number of aromatic amines is 2. The summed E-state index contributed by atoms with van der Waals surface area (Å²) in [6, 6.07) is 6.98. The highest BCUT2D eigenvalue weighted by Gasteiger charge is 2.14. The molecule has 3 heterocycles. The minimum Gasteiger partial charge on any atom is -0.382 e.